The number of hydrogen-bond acceptors (Lipinski definition) is 4. The summed E-state index contributed by atoms with van der Waals surface area (Å²) in [5, 5.41) is 0.443. The molecular weight excluding hydrogens is 301 g/mol. The van der Waals surface area contributed by atoms with E-state index in [1.165, 1.54) is 0 Å². The summed E-state index contributed by atoms with van der Waals surface area (Å²) in [6, 6.07) is 1.69. The van der Waals surface area contributed by atoms with E-state index in [-0.39, 0.29) is 17.3 Å². The molecule has 1 aromatic rings. The molecule has 20 heavy (non-hydrogen) atoms. The molecule has 1 fully saturated rings. The predicted molar refractivity (Wildman–Crippen MR) is 77.2 cm³/mol. The summed E-state index contributed by atoms with van der Waals surface area (Å²) in [5.41, 5.74) is 0.275. The molecule has 7 heteroatoms. The van der Waals surface area contributed by atoms with Gasteiger partial charge in [-0.05, 0) is 44.9 Å². The molecule has 0 spiro atoms. The molecule has 0 saturated carbocycles. The molecule has 1 atom stereocenters. The molecule has 1 aromatic heterocycles. The number of amides is 1. The van der Waals surface area contributed by atoms with Crippen molar-refractivity contribution in [3.05, 3.63) is 22.2 Å². The largest absolute Gasteiger partial charge is 0.444 e. The van der Waals surface area contributed by atoms with Gasteiger partial charge in [-0.2, -0.15) is 0 Å². The van der Waals surface area contributed by atoms with Gasteiger partial charge < -0.3 is 9.64 Å². The van der Waals surface area contributed by atoms with E-state index >= 15 is 0 Å². The molecule has 5 nitrogen and oxygen atoms in total. The molecule has 0 N–H and O–H groups in total. The van der Waals surface area contributed by atoms with E-state index in [1.807, 2.05) is 20.8 Å². The second kappa shape index (κ2) is 5.74. The van der Waals surface area contributed by atoms with Crippen molar-refractivity contribution in [3.63, 3.8) is 0 Å². The zero-order valence-electron chi connectivity index (χ0n) is 11.7. The molecule has 1 aliphatic rings. The third-order valence-corrected chi connectivity index (χ3v) is 3.31. The third kappa shape index (κ3) is 3.96. The molecule has 0 aliphatic carbocycles. The number of ether oxygens (including phenoxy) is 1. The SMILES string of the molecule is CC(C)(C)OC(=O)N1CC[C@@H](c2cc(Cl)nc(Cl)n2)C1. The lowest BCUT2D eigenvalue weighted by Crippen LogP contribution is -2.35. The topological polar surface area (TPSA) is 55.3 Å². The average Bonchev–Trinajstić information content (AvgIpc) is 2.74. The van der Waals surface area contributed by atoms with Gasteiger partial charge in [0.15, 0.2) is 0 Å². The Morgan fingerprint density at radius 3 is 2.70 bits per heavy atom. The monoisotopic (exact) mass is 317 g/mol. The first kappa shape index (κ1) is 15.3. The lowest BCUT2D eigenvalue weighted by Gasteiger charge is -2.24. The standard InChI is InChI=1S/C13H17Cl2N3O2/c1-13(2,3)20-12(19)18-5-4-8(7-18)9-6-10(14)17-11(15)16-9/h6,8H,4-5,7H2,1-3H3/t8-/m1/s1. The highest BCUT2D eigenvalue weighted by atomic mass is 35.5. The minimum Gasteiger partial charge on any atom is -0.444 e. The van der Waals surface area contributed by atoms with E-state index in [2.05, 4.69) is 9.97 Å². The second-order valence-electron chi connectivity index (χ2n) is 5.80. The van der Waals surface area contributed by atoms with Crippen LogP contribution in [0.15, 0.2) is 6.07 Å². The lowest BCUT2D eigenvalue weighted by molar-refractivity contribution is 0.0292. The number of rotatable bonds is 1. The summed E-state index contributed by atoms with van der Waals surface area (Å²) >= 11 is 11.7. The first-order chi connectivity index (χ1) is 9.24. The maximum absolute atomic E-state index is 12.0. The summed E-state index contributed by atoms with van der Waals surface area (Å²) in [6.07, 6.45) is 0.509. The van der Waals surface area contributed by atoms with Gasteiger partial charge in [-0.25, -0.2) is 14.8 Å². The normalized spacial score (nSPS) is 19.2. The van der Waals surface area contributed by atoms with E-state index < -0.39 is 5.60 Å². The van der Waals surface area contributed by atoms with Crippen LogP contribution in [0, 0.1) is 0 Å². The number of carbonyl (C=O) groups is 1. The van der Waals surface area contributed by atoms with Crippen molar-refractivity contribution in [1.82, 2.24) is 14.9 Å². The minimum atomic E-state index is -0.489. The maximum Gasteiger partial charge on any atom is 0.410 e. The van der Waals surface area contributed by atoms with Crippen LogP contribution in [-0.4, -0.2) is 39.7 Å². The van der Waals surface area contributed by atoms with Gasteiger partial charge in [0, 0.05) is 19.0 Å². The molecule has 110 valence electrons. The summed E-state index contributed by atoms with van der Waals surface area (Å²) in [5.74, 6) is 0.112. The van der Waals surface area contributed by atoms with Crippen LogP contribution in [0.4, 0.5) is 4.79 Å². The quantitative estimate of drug-likeness (QED) is 0.587. The molecular formula is C13H17Cl2N3O2. The van der Waals surface area contributed by atoms with Gasteiger partial charge in [-0.1, -0.05) is 11.6 Å². The van der Waals surface area contributed by atoms with E-state index in [1.54, 1.807) is 11.0 Å². The van der Waals surface area contributed by atoms with Gasteiger partial charge in [0.25, 0.3) is 0 Å². The number of nitrogens with zero attached hydrogens (tertiary/aromatic N) is 3. The summed E-state index contributed by atoms with van der Waals surface area (Å²) in [7, 11) is 0. The molecule has 1 amide bonds. The fourth-order valence-corrected chi connectivity index (χ4v) is 2.53. The van der Waals surface area contributed by atoms with Gasteiger partial charge in [-0.15, -0.1) is 0 Å². The van der Waals surface area contributed by atoms with Crippen LogP contribution in [0.1, 0.15) is 38.8 Å². The summed E-state index contributed by atoms with van der Waals surface area (Å²) in [6.45, 7) is 6.74. The Balaban J connectivity index is 2.03. The fraction of sp³-hybridized carbons (Fsp3) is 0.615. The van der Waals surface area contributed by atoms with Crippen LogP contribution in [0.25, 0.3) is 0 Å². The van der Waals surface area contributed by atoms with Crippen LogP contribution >= 0.6 is 23.2 Å². The highest BCUT2D eigenvalue weighted by Crippen LogP contribution is 2.28. The minimum absolute atomic E-state index is 0.112. The van der Waals surface area contributed by atoms with E-state index in [0.717, 1.165) is 12.1 Å². The van der Waals surface area contributed by atoms with Crippen LogP contribution in [0.2, 0.25) is 10.4 Å². The average molecular weight is 318 g/mol. The van der Waals surface area contributed by atoms with Gasteiger partial charge in [0.05, 0.1) is 5.69 Å². The molecule has 1 aliphatic heterocycles. The van der Waals surface area contributed by atoms with Crippen molar-refractivity contribution < 1.29 is 9.53 Å². The molecule has 0 aromatic carbocycles. The van der Waals surface area contributed by atoms with Crippen molar-refractivity contribution in [3.8, 4) is 0 Å². The Labute approximate surface area is 128 Å². The second-order valence-corrected chi connectivity index (χ2v) is 6.52. The van der Waals surface area contributed by atoms with E-state index in [4.69, 9.17) is 27.9 Å². The number of halogens is 2. The zero-order chi connectivity index (χ0) is 14.9. The Morgan fingerprint density at radius 1 is 1.40 bits per heavy atom. The van der Waals surface area contributed by atoms with E-state index in [0.29, 0.717) is 18.2 Å². The fourth-order valence-electron chi connectivity index (χ4n) is 2.11. The highest BCUT2D eigenvalue weighted by molar-refractivity contribution is 6.31. The van der Waals surface area contributed by atoms with Gasteiger partial charge in [0.1, 0.15) is 10.8 Å². The number of likely N-dealkylation sites (tertiary alicyclic amines) is 1. The van der Waals surface area contributed by atoms with Crippen LogP contribution in [0.3, 0.4) is 0 Å². The van der Waals surface area contributed by atoms with Gasteiger partial charge in [0.2, 0.25) is 5.28 Å². The smallest absolute Gasteiger partial charge is 0.410 e. The molecule has 1 saturated heterocycles. The van der Waals surface area contributed by atoms with Crippen LogP contribution in [-0.2, 0) is 4.74 Å². The number of carbonyl (C=O) groups excluding carboxylic acids is 1. The van der Waals surface area contributed by atoms with Crippen molar-refractivity contribution in [2.75, 3.05) is 13.1 Å². The molecule has 0 radical (unpaired) electrons. The molecule has 0 bridgehead atoms. The Bertz CT molecular complexity index is 497. The molecule has 2 heterocycles. The maximum atomic E-state index is 12.0. The highest BCUT2D eigenvalue weighted by Gasteiger charge is 2.31. The summed E-state index contributed by atoms with van der Waals surface area (Å²) < 4.78 is 5.36. The first-order valence-corrected chi connectivity index (χ1v) is 7.18. The molecule has 0 unspecified atom stereocenters. The summed E-state index contributed by atoms with van der Waals surface area (Å²) in [4.78, 5) is 21.7. The number of hydrogen-bond donors (Lipinski definition) is 0. The molecule has 2 rings (SSSR count). The first-order valence-electron chi connectivity index (χ1n) is 6.42. The zero-order valence-corrected chi connectivity index (χ0v) is 13.2. The van der Waals surface area contributed by atoms with E-state index in [9.17, 15) is 4.79 Å². The predicted octanol–water partition coefficient (Wildman–Crippen LogP) is 3.51. The van der Waals surface area contributed by atoms with Gasteiger partial charge in [-0.3, -0.25) is 0 Å². The Kier molecular flexibility index (Phi) is 4.39. The number of aromatic nitrogens is 2. The van der Waals surface area contributed by atoms with Crippen LogP contribution in [0.5, 0.6) is 0 Å². The van der Waals surface area contributed by atoms with Crippen molar-refractivity contribution >= 4 is 29.3 Å². The van der Waals surface area contributed by atoms with Crippen molar-refractivity contribution in [2.45, 2.75) is 38.7 Å². The van der Waals surface area contributed by atoms with Crippen LogP contribution < -0.4 is 0 Å². The van der Waals surface area contributed by atoms with Crippen molar-refractivity contribution in [1.29, 1.82) is 0 Å². The third-order valence-electron chi connectivity index (χ3n) is 2.95. The van der Waals surface area contributed by atoms with Gasteiger partial charge >= 0.3 is 6.09 Å². The Hall–Kier alpha value is -1.07. The Morgan fingerprint density at radius 2 is 2.10 bits per heavy atom. The van der Waals surface area contributed by atoms with Crippen molar-refractivity contribution in [2.24, 2.45) is 0 Å². The lowest BCUT2D eigenvalue weighted by atomic mass is 10.1.